The molecule has 0 radical (unpaired) electrons. The molecule has 0 saturated carbocycles. The van der Waals surface area contributed by atoms with Gasteiger partial charge in [-0.15, -0.1) is 0 Å². The van der Waals surface area contributed by atoms with Crippen molar-refractivity contribution in [2.75, 3.05) is 5.73 Å². The van der Waals surface area contributed by atoms with Crippen molar-refractivity contribution in [3.8, 4) is 0 Å². The molecule has 0 aliphatic rings. The van der Waals surface area contributed by atoms with Gasteiger partial charge in [0.15, 0.2) is 0 Å². The maximum absolute atomic E-state index is 10.9. The summed E-state index contributed by atoms with van der Waals surface area (Å²) in [6, 6.07) is 4.22. The highest BCUT2D eigenvalue weighted by Gasteiger charge is 2.17. The minimum atomic E-state index is -0.591. The van der Waals surface area contributed by atoms with E-state index in [1.165, 1.54) is 12.1 Å². The van der Waals surface area contributed by atoms with Crippen molar-refractivity contribution >= 4 is 17.3 Å². The summed E-state index contributed by atoms with van der Waals surface area (Å²) >= 11 is 0. The second-order valence-electron chi connectivity index (χ2n) is 3.20. The van der Waals surface area contributed by atoms with E-state index in [2.05, 4.69) is 0 Å². The Bertz CT molecular complexity index is 417. The number of nitro benzene ring substituents is 1. The van der Waals surface area contributed by atoms with E-state index in [0.29, 0.717) is 5.56 Å². The second kappa shape index (κ2) is 3.95. The predicted molar refractivity (Wildman–Crippen MR) is 55.1 cm³/mol. The van der Waals surface area contributed by atoms with Gasteiger partial charge in [-0.25, -0.2) is 0 Å². The third-order valence-corrected chi connectivity index (χ3v) is 2.18. The van der Waals surface area contributed by atoms with Gasteiger partial charge in [-0.1, -0.05) is 6.07 Å². The van der Waals surface area contributed by atoms with Gasteiger partial charge >= 0.3 is 0 Å². The number of benzene rings is 1. The van der Waals surface area contributed by atoms with E-state index >= 15 is 0 Å². The largest absolute Gasteiger partial charge is 0.393 e. The highest BCUT2D eigenvalue weighted by Crippen LogP contribution is 2.26. The SMILES string of the molecule is CC(C(N)=O)c1ccc(N)c([N+](=O)[O-])c1. The van der Waals surface area contributed by atoms with Gasteiger partial charge in [0.05, 0.1) is 10.8 Å². The third kappa shape index (κ3) is 2.22. The molecule has 0 saturated heterocycles. The zero-order valence-electron chi connectivity index (χ0n) is 8.14. The molecular formula is C9H11N3O3. The molecule has 4 N–H and O–H groups in total. The number of nitrogens with two attached hydrogens (primary N) is 2. The zero-order chi connectivity index (χ0) is 11.6. The van der Waals surface area contributed by atoms with Crippen molar-refractivity contribution in [3.05, 3.63) is 33.9 Å². The lowest BCUT2D eigenvalue weighted by atomic mass is 10.00. The molecular weight excluding hydrogens is 198 g/mol. The normalized spacial score (nSPS) is 12.1. The van der Waals surface area contributed by atoms with E-state index in [9.17, 15) is 14.9 Å². The van der Waals surface area contributed by atoms with E-state index in [-0.39, 0.29) is 11.4 Å². The zero-order valence-corrected chi connectivity index (χ0v) is 8.14. The molecule has 0 heterocycles. The van der Waals surface area contributed by atoms with Gasteiger partial charge in [0.25, 0.3) is 5.69 Å². The van der Waals surface area contributed by atoms with Crippen LogP contribution in [0.15, 0.2) is 18.2 Å². The van der Waals surface area contributed by atoms with Crippen molar-refractivity contribution in [3.63, 3.8) is 0 Å². The molecule has 15 heavy (non-hydrogen) atoms. The summed E-state index contributed by atoms with van der Waals surface area (Å²) in [5, 5.41) is 10.6. The molecule has 1 unspecified atom stereocenters. The number of nitro groups is 1. The first-order valence-corrected chi connectivity index (χ1v) is 4.26. The maximum Gasteiger partial charge on any atom is 0.292 e. The molecule has 1 rings (SSSR count). The monoisotopic (exact) mass is 209 g/mol. The summed E-state index contributed by atoms with van der Waals surface area (Å²) in [5.41, 5.74) is 10.9. The molecule has 0 aliphatic carbocycles. The van der Waals surface area contributed by atoms with Gasteiger partial charge in [-0.05, 0) is 18.6 Å². The minimum Gasteiger partial charge on any atom is -0.393 e. The first-order valence-electron chi connectivity index (χ1n) is 4.26. The van der Waals surface area contributed by atoms with Crippen molar-refractivity contribution in [2.45, 2.75) is 12.8 Å². The molecule has 1 aromatic rings. The summed E-state index contributed by atoms with van der Waals surface area (Å²) in [6.07, 6.45) is 0. The number of carbonyl (C=O) groups excluding carboxylic acids is 1. The Hall–Kier alpha value is -2.11. The van der Waals surface area contributed by atoms with E-state index in [0.717, 1.165) is 0 Å². The summed E-state index contributed by atoms with van der Waals surface area (Å²) in [7, 11) is 0. The van der Waals surface area contributed by atoms with Gasteiger partial charge in [-0.2, -0.15) is 0 Å². The second-order valence-corrected chi connectivity index (χ2v) is 3.20. The van der Waals surface area contributed by atoms with E-state index in [1.807, 2.05) is 0 Å². The number of hydrogen-bond acceptors (Lipinski definition) is 4. The van der Waals surface area contributed by atoms with Crippen molar-refractivity contribution in [1.82, 2.24) is 0 Å². The van der Waals surface area contributed by atoms with Crippen molar-refractivity contribution in [2.24, 2.45) is 5.73 Å². The Morgan fingerprint density at radius 2 is 2.13 bits per heavy atom. The molecule has 1 atom stereocenters. The average molecular weight is 209 g/mol. The van der Waals surface area contributed by atoms with Gasteiger partial charge in [0.1, 0.15) is 5.69 Å². The van der Waals surface area contributed by atoms with E-state index < -0.39 is 16.7 Å². The van der Waals surface area contributed by atoms with Crippen LogP contribution in [-0.2, 0) is 4.79 Å². The molecule has 80 valence electrons. The smallest absolute Gasteiger partial charge is 0.292 e. The number of rotatable bonds is 3. The van der Waals surface area contributed by atoms with Crippen LogP contribution in [0.4, 0.5) is 11.4 Å². The third-order valence-electron chi connectivity index (χ3n) is 2.18. The summed E-state index contributed by atoms with van der Waals surface area (Å²) in [5.74, 6) is -1.10. The van der Waals surface area contributed by atoms with Crippen molar-refractivity contribution in [1.29, 1.82) is 0 Å². The predicted octanol–water partition coefficient (Wildman–Crippen LogP) is 0.766. The molecule has 0 spiro atoms. The summed E-state index contributed by atoms with van der Waals surface area (Å²) in [4.78, 5) is 20.9. The molecule has 1 amide bonds. The number of amides is 1. The lowest BCUT2D eigenvalue weighted by molar-refractivity contribution is -0.384. The van der Waals surface area contributed by atoms with E-state index in [1.54, 1.807) is 13.0 Å². The first-order chi connectivity index (χ1) is 6.93. The summed E-state index contributed by atoms with van der Waals surface area (Å²) < 4.78 is 0. The van der Waals surface area contributed by atoms with Crippen LogP contribution in [0, 0.1) is 10.1 Å². The van der Waals surface area contributed by atoms with Crippen LogP contribution in [0.2, 0.25) is 0 Å². The topological polar surface area (TPSA) is 112 Å². The van der Waals surface area contributed by atoms with Crippen LogP contribution in [0.25, 0.3) is 0 Å². The molecule has 6 nitrogen and oxygen atoms in total. The number of primary amides is 1. The number of hydrogen-bond donors (Lipinski definition) is 2. The van der Waals surface area contributed by atoms with Gasteiger partial charge in [0, 0.05) is 6.07 Å². The first kappa shape index (κ1) is 11.0. The van der Waals surface area contributed by atoms with Gasteiger partial charge in [0.2, 0.25) is 5.91 Å². The number of nitrogens with zero attached hydrogens (tertiary/aromatic N) is 1. The molecule has 6 heteroatoms. The molecule has 0 fully saturated rings. The molecule has 0 bridgehead atoms. The lowest BCUT2D eigenvalue weighted by Gasteiger charge is -2.07. The van der Waals surface area contributed by atoms with Crippen LogP contribution >= 0.6 is 0 Å². The van der Waals surface area contributed by atoms with E-state index in [4.69, 9.17) is 11.5 Å². The highest BCUT2D eigenvalue weighted by molar-refractivity contribution is 5.82. The van der Waals surface area contributed by atoms with Gasteiger partial charge in [-0.3, -0.25) is 14.9 Å². The van der Waals surface area contributed by atoms with Crippen molar-refractivity contribution < 1.29 is 9.72 Å². The lowest BCUT2D eigenvalue weighted by Crippen LogP contribution is -2.18. The Labute approximate surface area is 86.0 Å². The Balaban J connectivity index is 3.18. The number of anilines is 1. The Morgan fingerprint density at radius 3 is 2.60 bits per heavy atom. The number of carbonyl (C=O) groups is 1. The quantitative estimate of drug-likeness (QED) is 0.434. The Morgan fingerprint density at radius 1 is 1.53 bits per heavy atom. The average Bonchev–Trinajstić information content (AvgIpc) is 2.16. The van der Waals surface area contributed by atoms with Crippen LogP contribution in [-0.4, -0.2) is 10.8 Å². The van der Waals surface area contributed by atoms with Crippen LogP contribution in [0.5, 0.6) is 0 Å². The fraction of sp³-hybridized carbons (Fsp3) is 0.222. The number of nitrogen functional groups attached to an aromatic ring is 1. The molecule has 1 aromatic carbocycles. The standard InChI is InChI=1S/C9H11N3O3/c1-5(9(11)13)6-2-3-7(10)8(4-6)12(14)15/h2-5H,10H2,1H3,(H2,11,13). The fourth-order valence-electron chi connectivity index (χ4n) is 1.15. The maximum atomic E-state index is 10.9. The van der Waals surface area contributed by atoms with Crippen LogP contribution in [0.3, 0.4) is 0 Å². The minimum absolute atomic E-state index is 0.0698. The van der Waals surface area contributed by atoms with Crippen LogP contribution < -0.4 is 11.5 Å². The van der Waals surface area contributed by atoms with Gasteiger partial charge < -0.3 is 11.5 Å². The molecule has 0 aromatic heterocycles. The summed E-state index contributed by atoms with van der Waals surface area (Å²) in [6.45, 7) is 1.58. The molecule has 0 aliphatic heterocycles. The highest BCUT2D eigenvalue weighted by atomic mass is 16.6. The fourth-order valence-corrected chi connectivity index (χ4v) is 1.15. The van der Waals surface area contributed by atoms with Crippen LogP contribution in [0.1, 0.15) is 18.4 Å². The Kier molecular flexibility index (Phi) is 2.89.